The Balaban J connectivity index is 1.57. The Morgan fingerprint density at radius 2 is 2.00 bits per heavy atom. The molecule has 2 aromatic heterocycles. The summed E-state index contributed by atoms with van der Waals surface area (Å²) in [6.07, 6.45) is 5.16. The van der Waals surface area contributed by atoms with Crippen LogP contribution in [0.25, 0.3) is 11.0 Å². The predicted molar refractivity (Wildman–Crippen MR) is 132 cm³/mol. The number of aromatic nitrogens is 4. The Morgan fingerprint density at radius 1 is 1.19 bits per heavy atom. The highest BCUT2D eigenvalue weighted by Gasteiger charge is 2.14. The highest BCUT2D eigenvalue weighted by Crippen LogP contribution is 2.25. The van der Waals surface area contributed by atoms with Crippen LogP contribution in [0.5, 0.6) is 0 Å². The number of hydrogen-bond acceptors (Lipinski definition) is 6. The van der Waals surface area contributed by atoms with Crippen LogP contribution in [-0.4, -0.2) is 44.5 Å². The van der Waals surface area contributed by atoms with Gasteiger partial charge in [0.15, 0.2) is 10.8 Å². The Kier molecular flexibility index (Phi) is 9.34. The van der Waals surface area contributed by atoms with Gasteiger partial charge in [-0.05, 0) is 30.7 Å². The van der Waals surface area contributed by atoms with E-state index in [1.54, 1.807) is 11.8 Å². The van der Waals surface area contributed by atoms with Crippen molar-refractivity contribution in [1.29, 1.82) is 0 Å². The van der Waals surface area contributed by atoms with Gasteiger partial charge in [0.05, 0.1) is 18.1 Å². The second-order valence-electron chi connectivity index (χ2n) is 8.27. The van der Waals surface area contributed by atoms with Crippen LogP contribution >= 0.6 is 11.8 Å². The van der Waals surface area contributed by atoms with Gasteiger partial charge in [-0.2, -0.15) is 5.10 Å². The van der Waals surface area contributed by atoms with Crippen LogP contribution in [0.3, 0.4) is 0 Å². The minimum atomic E-state index is 0.0745. The third-order valence-corrected chi connectivity index (χ3v) is 6.00. The fourth-order valence-corrected chi connectivity index (χ4v) is 3.97. The Morgan fingerprint density at radius 3 is 2.75 bits per heavy atom. The molecule has 3 rings (SSSR count). The third-order valence-electron chi connectivity index (χ3n) is 4.95. The maximum absolute atomic E-state index is 12.2. The van der Waals surface area contributed by atoms with E-state index in [1.165, 1.54) is 5.56 Å². The highest BCUT2D eigenvalue weighted by molar-refractivity contribution is 7.99. The zero-order valence-electron chi connectivity index (χ0n) is 19.3. The van der Waals surface area contributed by atoms with Gasteiger partial charge in [0.2, 0.25) is 5.91 Å². The number of fused-ring (bicyclic) bond motifs is 1. The number of rotatable bonds is 13. The fraction of sp³-hybridized carbons (Fsp3) is 0.500. The van der Waals surface area contributed by atoms with Gasteiger partial charge >= 0.3 is 0 Å². The Bertz CT molecular complexity index is 989. The van der Waals surface area contributed by atoms with E-state index in [2.05, 4.69) is 48.6 Å². The number of amides is 1. The Labute approximate surface area is 194 Å². The first-order valence-corrected chi connectivity index (χ1v) is 12.5. The number of carbonyl (C=O) groups excluding carboxylic acids is 1. The van der Waals surface area contributed by atoms with Gasteiger partial charge in [-0.25, -0.2) is 14.6 Å². The second-order valence-corrected chi connectivity index (χ2v) is 9.33. The van der Waals surface area contributed by atoms with Crippen LogP contribution in [0.15, 0.2) is 41.7 Å². The van der Waals surface area contributed by atoms with Crippen LogP contribution in [0.4, 0.5) is 5.82 Å². The van der Waals surface area contributed by atoms with Crippen molar-refractivity contribution in [2.45, 2.75) is 58.2 Å². The molecule has 8 heteroatoms. The van der Waals surface area contributed by atoms with Crippen LogP contribution in [0, 0.1) is 5.92 Å². The molecular weight excluding hydrogens is 420 g/mol. The first-order valence-electron chi connectivity index (χ1n) is 11.5. The molecule has 0 atom stereocenters. The molecule has 0 radical (unpaired) electrons. The third kappa shape index (κ3) is 7.22. The molecule has 0 saturated carbocycles. The summed E-state index contributed by atoms with van der Waals surface area (Å²) < 4.78 is 1.86. The molecule has 0 bridgehead atoms. The van der Waals surface area contributed by atoms with Crippen molar-refractivity contribution in [2.75, 3.05) is 24.2 Å². The summed E-state index contributed by atoms with van der Waals surface area (Å²) in [5.74, 6) is 2.39. The molecule has 0 aliphatic carbocycles. The van der Waals surface area contributed by atoms with Gasteiger partial charge in [0.25, 0.3) is 0 Å². The number of nitrogens with zero attached hydrogens (tertiary/aromatic N) is 4. The Hall–Kier alpha value is -2.61. The summed E-state index contributed by atoms with van der Waals surface area (Å²) in [4.78, 5) is 21.7. The molecule has 1 aromatic carbocycles. The van der Waals surface area contributed by atoms with E-state index < -0.39 is 0 Å². The summed E-state index contributed by atoms with van der Waals surface area (Å²) in [7, 11) is 0. The number of aryl methyl sites for hydroxylation is 1. The number of carbonyl (C=O) groups is 1. The van der Waals surface area contributed by atoms with Crippen molar-refractivity contribution in [2.24, 2.45) is 5.92 Å². The van der Waals surface area contributed by atoms with Crippen LogP contribution in [-0.2, 0) is 17.8 Å². The summed E-state index contributed by atoms with van der Waals surface area (Å²) >= 11 is 1.66. The lowest BCUT2D eigenvalue weighted by Crippen LogP contribution is -2.27. The lowest BCUT2D eigenvalue weighted by molar-refractivity contribution is -0.121. The minimum absolute atomic E-state index is 0.0745. The van der Waals surface area contributed by atoms with Gasteiger partial charge in [-0.3, -0.25) is 4.79 Å². The normalized spacial score (nSPS) is 11.2. The van der Waals surface area contributed by atoms with Crippen LogP contribution in [0.2, 0.25) is 0 Å². The lowest BCUT2D eigenvalue weighted by Gasteiger charge is -2.11. The molecule has 0 unspecified atom stereocenters. The fourth-order valence-electron chi connectivity index (χ4n) is 3.28. The zero-order chi connectivity index (χ0) is 22.8. The molecule has 0 aliphatic heterocycles. The van der Waals surface area contributed by atoms with E-state index in [9.17, 15) is 4.79 Å². The molecule has 0 saturated heterocycles. The molecule has 2 N–H and O–H groups in total. The van der Waals surface area contributed by atoms with Gasteiger partial charge in [-0.15, -0.1) is 0 Å². The minimum Gasteiger partial charge on any atom is -0.369 e. The molecular formula is C24H34N6OS. The number of hydrogen-bond donors (Lipinski definition) is 2. The average Bonchev–Trinajstić information content (AvgIpc) is 3.19. The van der Waals surface area contributed by atoms with Gasteiger partial charge in [-0.1, -0.05) is 62.9 Å². The summed E-state index contributed by atoms with van der Waals surface area (Å²) in [6, 6.07) is 10.3. The highest BCUT2D eigenvalue weighted by atomic mass is 32.2. The maximum atomic E-state index is 12.2. The van der Waals surface area contributed by atoms with E-state index in [-0.39, 0.29) is 5.91 Å². The van der Waals surface area contributed by atoms with E-state index >= 15 is 0 Å². The zero-order valence-corrected chi connectivity index (χ0v) is 20.1. The first kappa shape index (κ1) is 24.0. The molecule has 0 fully saturated rings. The van der Waals surface area contributed by atoms with Crippen molar-refractivity contribution in [3.05, 3.63) is 42.1 Å². The summed E-state index contributed by atoms with van der Waals surface area (Å²) in [5, 5.41) is 12.6. The standard InChI is InChI=1S/C24H34N6OS/c1-4-15-32-24-28-22(26-16-18(2)3)20-17-27-30(23(20)29-24)14-13-25-21(31)12-8-11-19-9-6-5-7-10-19/h5-7,9-10,17-18H,4,8,11-16H2,1-3H3,(H,25,31)(H,26,28,29). The van der Waals surface area contributed by atoms with E-state index in [0.717, 1.165) is 53.6 Å². The van der Waals surface area contributed by atoms with E-state index in [1.807, 2.05) is 29.1 Å². The lowest BCUT2D eigenvalue weighted by atomic mass is 10.1. The smallest absolute Gasteiger partial charge is 0.220 e. The topological polar surface area (TPSA) is 84.7 Å². The van der Waals surface area contributed by atoms with E-state index in [4.69, 9.17) is 9.97 Å². The summed E-state index contributed by atoms with van der Waals surface area (Å²) in [6.45, 7) is 8.43. The van der Waals surface area contributed by atoms with Gasteiger partial charge in [0, 0.05) is 25.3 Å². The average molecular weight is 455 g/mol. The van der Waals surface area contributed by atoms with Crippen molar-refractivity contribution >= 4 is 34.5 Å². The van der Waals surface area contributed by atoms with Crippen LogP contribution < -0.4 is 10.6 Å². The predicted octanol–water partition coefficient (Wildman–Crippen LogP) is 4.54. The molecule has 0 aliphatic rings. The van der Waals surface area contributed by atoms with Gasteiger partial charge in [0.1, 0.15) is 5.82 Å². The molecule has 172 valence electrons. The molecule has 3 aromatic rings. The largest absolute Gasteiger partial charge is 0.369 e. The van der Waals surface area contributed by atoms with Crippen molar-refractivity contribution in [3.8, 4) is 0 Å². The number of thioether (sulfide) groups is 1. The molecule has 32 heavy (non-hydrogen) atoms. The first-order chi connectivity index (χ1) is 15.6. The SMILES string of the molecule is CCCSc1nc(NCC(C)C)c2cnn(CCNC(=O)CCCc3ccccc3)c2n1. The molecule has 7 nitrogen and oxygen atoms in total. The summed E-state index contributed by atoms with van der Waals surface area (Å²) in [5.41, 5.74) is 2.07. The number of anilines is 1. The van der Waals surface area contributed by atoms with E-state index in [0.29, 0.717) is 25.4 Å². The molecule has 1 amide bonds. The number of benzene rings is 1. The van der Waals surface area contributed by atoms with Crippen molar-refractivity contribution in [1.82, 2.24) is 25.1 Å². The molecule has 0 spiro atoms. The molecule has 2 heterocycles. The maximum Gasteiger partial charge on any atom is 0.220 e. The number of nitrogens with one attached hydrogen (secondary N) is 2. The second kappa shape index (κ2) is 12.4. The van der Waals surface area contributed by atoms with Crippen molar-refractivity contribution < 1.29 is 4.79 Å². The monoisotopic (exact) mass is 454 g/mol. The van der Waals surface area contributed by atoms with Gasteiger partial charge < -0.3 is 10.6 Å². The quantitative estimate of drug-likeness (QED) is 0.291. The van der Waals surface area contributed by atoms with Crippen LogP contribution in [0.1, 0.15) is 45.6 Å². The van der Waals surface area contributed by atoms with Crippen molar-refractivity contribution in [3.63, 3.8) is 0 Å².